The molecule has 0 heterocycles. The molecule has 27 heavy (non-hydrogen) atoms. The van der Waals surface area contributed by atoms with E-state index >= 15 is 0 Å². The molecule has 12 heteroatoms. The summed E-state index contributed by atoms with van der Waals surface area (Å²) in [4.78, 5) is 57.8. The molecule has 4 atom stereocenters. The van der Waals surface area contributed by atoms with Crippen molar-refractivity contribution in [1.29, 1.82) is 0 Å². The van der Waals surface area contributed by atoms with E-state index in [-0.39, 0.29) is 12.8 Å². The predicted molar refractivity (Wildman–Crippen MR) is 99.6 cm³/mol. The molecule has 0 saturated heterocycles. The summed E-state index contributed by atoms with van der Waals surface area (Å²) in [6.07, 6.45) is 1.69. The lowest BCUT2D eigenvalue weighted by Gasteiger charge is -2.21. The van der Waals surface area contributed by atoms with E-state index in [2.05, 4.69) is 16.0 Å². The maximum Gasteiger partial charge on any atom is 0.326 e. The third-order valence-corrected chi connectivity index (χ3v) is 4.13. The Balaban J connectivity index is 4.60. The molecule has 0 spiro atoms. The van der Waals surface area contributed by atoms with Gasteiger partial charge >= 0.3 is 5.97 Å². The molecular weight excluding hydrogens is 378 g/mol. The van der Waals surface area contributed by atoms with E-state index in [1.165, 1.54) is 25.6 Å². The van der Waals surface area contributed by atoms with Gasteiger partial charge in [0.2, 0.25) is 23.6 Å². The van der Waals surface area contributed by atoms with Crippen LogP contribution in [0.2, 0.25) is 0 Å². The zero-order chi connectivity index (χ0) is 21.1. The molecule has 0 aromatic carbocycles. The second-order valence-electron chi connectivity index (χ2n) is 5.92. The lowest BCUT2D eigenvalue weighted by Crippen LogP contribution is -2.55. The van der Waals surface area contributed by atoms with Crippen molar-refractivity contribution in [2.75, 3.05) is 12.0 Å². The largest absolute Gasteiger partial charge is 0.480 e. The van der Waals surface area contributed by atoms with E-state index in [1.54, 1.807) is 0 Å². The fraction of sp³-hybridized carbons (Fsp3) is 0.667. The molecule has 0 unspecified atom stereocenters. The van der Waals surface area contributed by atoms with Crippen molar-refractivity contribution in [3.05, 3.63) is 0 Å². The number of amides is 4. The molecule has 0 rings (SSSR count). The minimum absolute atomic E-state index is 0.243. The van der Waals surface area contributed by atoms with Gasteiger partial charge in [0.05, 0.1) is 12.5 Å². The number of carbonyl (C=O) groups excluding carboxylic acids is 4. The molecule has 0 aliphatic carbocycles. The predicted octanol–water partition coefficient (Wildman–Crippen LogP) is -2.48. The number of hydrogen-bond acceptors (Lipinski definition) is 7. The summed E-state index contributed by atoms with van der Waals surface area (Å²) in [5, 5.41) is 16.1. The molecule has 8 N–H and O–H groups in total. The average Bonchev–Trinajstić information content (AvgIpc) is 2.56. The highest BCUT2D eigenvalue weighted by Crippen LogP contribution is 2.01. The molecule has 4 amide bonds. The van der Waals surface area contributed by atoms with Crippen LogP contribution in [0.3, 0.4) is 0 Å². The Labute approximate surface area is 161 Å². The van der Waals surface area contributed by atoms with Gasteiger partial charge in [-0.2, -0.15) is 11.8 Å². The normalized spacial score (nSPS) is 15.0. The molecule has 0 aromatic rings. The number of nitrogens with two attached hydrogens (primary N) is 2. The van der Waals surface area contributed by atoms with E-state index in [9.17, 15) is 24.0 Å². The first-order valence-electron chi connectivity index (χ1n) is 8.16. The van der Waals surface area contributed by atoms with Gasteiger partial charge in [0.1, 0.15) is 18.1 Å². The second-order valence-corrected chi connectivity index (χ2v) is 6.90. The van der Waals surface area contributed by atoms with Crippen LogP contribution in [0.1, 0.15) is 26.7 Å². The van der Waals surface area contributed by atoms with Crippen LogP contribution in [0.25, 0.3) is 0 Å². The minimum atomic E-state index is -1.19. The van der Waals surface area contributed by atoms with Crippen LogP contribution < -0.4 is 27.4 Å². The molecule has 0 bridgehead atoms. The van der Waals surface area contributed by atoms with Crippen LogP contribution in [-0.4, -0.2) is 70.9 Å². The molecule has 11 nitrogen and oxygen atoms in total. The highest BCUT2D eigenvalue weighted by molar-refractivity contribution is 7.98. The van der Waals surface area contributed by atoms with Crippen LogP contribution in [0.4, 0.5) is 0 Å². The number of nitrogens with one attached hydrogen (secondary N) is 3. The fourth-order valence-corrected chi connectivity index (χ4v) is 2.36. The standard InChI is InChI=1S/C15H27N5O6S/c1-7(19-14(24)9(16)6-11(17)21)12(22)18-8(2)13(23)20-10(15(25)26)4-5-27-3/h7-10H,4-6,16H2,1-3H3,(H2,17,21)(H,18,22)(H,19,24)(H,20,23)(H,25,26)/t7-,8-,9-,10-/m0/s1. The Morgan fingerprint density at radius 3 is 1.89 bits per heavy atom. The topological polar surface area (TPSA) is 194 Å². The van der Waals surface area contributed by atoms with E-state index in [0.717, 1.165) is 0 Å². The monoisotopic (exact) mass is 405 g/mol. The van der Waals surface area contributed by atoms with Gasteiger partial charge in [-0.1, -0.05) is 0 Å². The fourth-order valence-electron chi connectivity index (χ4n) is 1.89. The third kappa shape index (κ3) is 9.80. The molecule has 154 valence electrons. The van der Waals surface area contributed by atoms with E-state index in [1.807, 2.05) is 6.26 Å². The minimum Gasteiger partial charge on any atom is -0.480 e. The lowest BCUT2D eigenvalue weighted by atomic mass is 10.1. The van der Waals surface area contributed by atoms with Crippen molar-refractivity contribution in [3.8, 4) is 0 Å². The maximum absolute atomic E-state index is 12.1. The summed E-state index contributed by atoms with van der Waals surface area (Å²) in [7, 11) is 0. The molecular formula is C15H27N5O6S. The summed E-state index contributed by atoms with van der Waals surface area (Å²) in [5.74, 6) is -3.45. The van der Waals surface area contributed by atoms with Gasteiger partial charge in [0, 0.05) is 0 Å². The first-order valence-corrected chi connectivity index (χ1v) is 9.55. The van der Waals surface area contributed by atoms with Gasteiger partial charge in [-0.15, -0.1) is 0 Å². The van der Waals surface area contributed by atoms with Crippen LogP contribution in [0, 0.1) is 0 Å². The van der Waals surface area contributed by atoms with Crippen molar-refractivity contribution < 1.29 is 29.1 Å². The Morgan fingerprint density at radius 1 is 0.963 bits per heavy atom. The van der Waals surface area contributed by atoms with Gasteiger partial charge in [-0.05, 0) is 32.3 Å². The average molecular weight is 405 g/mol. The SMILES string of the molecule is CSCC[C@H](NC(=O)[C@H](C)NC(=O)[C@H](C)NC(=O)[C@@H](N)CC(N)=O)C(=O)O. The Bertz CT molecular complexity index is 573. The molecule has 0 fully saturated rings. The number of thioether (sulfide) groups is 1. The highest BCUT2D eigenvalue weighted by atomic mass is 32.2. The number of hydrogen-bond donors (Lipinski definition) is 6. The number of primary amides is 1. The maximum atomic E-state index is 12.1. The number of rotatable bonds is 12. The van der Waals surface area contributed by atoms with Crippen molar-refractivity contribution in [1.82, 2.24) is 16.0 Å². The van der Waals surface area contributed by atoms with Gasteiger partial charge in [-0.3, -0.25) is 19.2 Å². The summed E-state index contributed by atoms with van der Waals surface area (Å²) >= 11 is 1.45. The summed E-state index contributed by atoms with van der Waals surface area (Å²) in [6, 6.07) is -4.30. The van der Waals surface area contributed by atoms with Gasteiger partial charge < -0.3 is 32.5 Å². The van der Waals surface area contributed by atoms with Crippen LogP contribution in [0.5, 0.6) is 0 Å². The Hall–Kier alpha value is -2.34. The zero-order valence-electron chi connectivity index (χ0n) is 15.5. The van der Waals surface area contributed by atoms with E-state index in [0.29, 0.717) is 5.75 Å². The first-order chi connectivity index (χ1) is 12.5. The molecule has 0 aliphatic rings. The number of carboxylic acid groups (broad SMARTS) is 1. The molecule has 0 radical (unpaired) electrons. The Morgan fingerprint density at radius 2 is 1.44 bits per heavy atom. The van der Waals surface area contributed by atoms with Crippen molar-refractivity contribution >= 4 is 41.4 Å². The zero-order valence-corrected chi connectivity index (χ0v) is 16.3. The van der Waals surface area contributed by atoms with Crippen molar-refractivity contribution in [2.24, 2.45) is 11.5 Å². The lowest BCUT2D eigenvalue weighted by molar-refractivity contribution is -0.142. The van der Waals surface area contributed by atoms with Crippen LogP contribution in [0.15, 0.2) is 0 Å². The van der Waals surface area contributed by atoms with Gasteiger partial charge in [0.15, 0.2) is 0 Å². The van der Waals surface area contributed by atoms with Gasteiger partial charge in [-0.25, -0.2) is 4.79 Å². The van der Waals surface area contributed by atoms with Gasteiger partial charge in [0.25, 0.3) is 0 Å². The summed E-state index contributed by atoms with van der Waals surface area (Å²) < 4.78 is 0. The van der Waals surface area contributed by atoms with E-state index in [4.69, 9.17) is 16.6 Å². The van der Waals surface area contributed by atoms with E-state index < -0.39 is 53.8 Å². The quantitative estimate of drug-likeness (QED) is 0.205. The summed E-state index contributed by atoms with van der Waals surface area (Å²) in [5.41, 5.74) is 10.4. The first kappa shape index (κ1) is 24.7. The highest BCUT2D eigenvalue weighted by Gasteiger charge is 2.26. The Kier molecular flexibility index (Phi) is 11.1. The molecule has 0 saturated carbocycles. The van der Waals surface area contributed by atoms with Crippen molar-refractivity contribution in [3.63, 3.8) is 0 Å². The molecule has 0 aromatic heterocycles. The third-order valence-electron chi connectivity index (χ3n) is 3.49. The van der Waals surface area contributed by atoms with Crippen molar-refractivity contribution in [2.45, 2.75) is 50.9 Å². The van der Waals surface area contributed by atoms with Crippen LogP contribution >= 0.6 is 11.8 Å². The summed E-state index contributed by atoms with van der Waals surface area (Å²) in [6.45, 7) is 2.75. The second kappa shape index (κ2) is 12.1. The number of aliphatic carboxylic acids is 1. The number of carbonyl (C=O) groups is 5. The van der Waals surface area contributed by atoms with Crippen LogP contribution in [-0.2, 0) is 24.0 Å². The molecule has 0 aliphatic heterocycles. The smallest absolute Gasteiger partial charge is 0.326 e. The number of carboxylic acids is 1.